The number of rotatable bonds is 4. The van der Waals surface area contributed by atoms with E-state index in [1.807, 2.05) is 13.0 Å². The van der Waals surface area contributed by atoms with Crippen LogP contribution in [-0.2, 0) is 4.79 Å². The van der Waals surface area contributed by atoms with E-state index >= 15 is 0 Å². The molecule has 1 rings (SSSR count). The van der Waals surface area contributed by atoms with Crippen molar-refractivity contribution < 1.29 is 10.0 Å². The van der Waals surface area contributed by atoms with Crippen LogP contribution in [0.2, 0.25) is 5.02 Å². The zero-order valence-electron chi connectivity index (χ0n) is 11.2. The van der Waals surface area contributed by atoms with Gasteiger partial charge in [-0.15, -0.1) is 0 Å². The van der Waals surface area contributed by atoms with Crippen LogP contribution in [0, 0.1) is 12.3 Å². The van der Waals surface area contributed by atoms with Crippen LogP contribution in [-0.4, -0.2) is 17.0 Å². The Morgan fingerprint density at radius 3 is 2.68 bits per heavy atom. The number of anilines is 1. The average Bonchev–Trinajstić information content (AvgIpc) is 2.39. The van der Waals surface area contributed by atoms with E-state index in [1.54, 1.807) is 26.0 Å². The van der Waals surface area contributed by atoms with Crippen LogP contribution in [0.5, 0.6) is 0 Å². The van der Waals surface area contributed by atoms with Gasteiger partial charge in [0.25, 0.3) is 0 Å². The third kappa shape index (κ3) is 3.17. The Hall–Kier alpha value is -1.75. The summed E-state index contributed by atoms with van der Waals surface area (Å²) in [6.45, 7) is 5.30. The fourth-order valence-electron chi connectivity index (χ4n) is 1.55. The van der Waals surface area contributed by atoms with Crippen LogP contribution in [0.4, 0.5) is 5.69 Å². The number of hydrogen-bond acceptors (Lipinski definition) is 3. The van der Waals surface area contributed by atoms with Crippen molar-refractivity contribution in [3.05, 3.63) is 28.8 Å². The number of halogens is 1. The van der Waals surface area contributed by atoms with Crippen molar-refractivity contribution in [3.63, 3.8) is 0 Å². The summed E-state index contributed by atoms with van der Waals surface area (Å²) in [5.74, 6) is -0.494. The molecule has 0 spiro atoms. The Bertz CT molecular complexity index is 517. The van der Waals surface area contributed by atoms with E-state index in [-0.39, 0.29) is 11.7 Å². The Kier molecular flexibility index (Phi) is 4.78. The number of oxime groups is 1. The first-order valence-electron chi connectivity index (χ1n) is 5.90. The number of aryl methyl sites for hydroxylation is 1. The molecule has 0 aliphatic carbocycles. The van der Waals surface area contributed by atoms with Crippen LogP contribution in [0.15, 0.2) is 23.4 Å². The summed E-state index contributed by atoms with van der Waals surface area (Å²) >= 11 is 6.05. The summed E-state index contributed by atoms with van der Waals surface area (Å²) < 4.78 is 0. The number of amidine groups is 1. The largest absolute Gasteiger partial charge is 0.409 e. The summed E-state index contributed by atoms with van der Waals surface area (Å²) in [7, 11) is 0. The van der Waals surface area contributed by atoms with Crippen LogP contribution in [0.1, 0.15) is 25.8 Å². The van der Waals surface area contributed by atoms with Gasteiger partial charge in [-0.25, -0.2) is 0 Å². The minimum absolute atomic E-state index is 0.129. The lowest BCUT2D eigenvalue weighted by atomic mass is 9.85. The second kappa shape index (κ2) is 5.93. The Balaban J connectivity index is 3.01. The first-order chi connectivity index (χ1) is 8.85. The molecule has 0 saturated heterocycles. The van der Waals surface area contributed by atoms with Gasteiger partial charge in [0.15, 0.2) is 5.84 Å². The van der Waals surface area contributed by atoms with E-state index < -0.39 is 5.41 Å². The van der Waals surface area contributed by atoms with Gasteiger partial charge in [0.1, 0.15) is 5.41 Å². The molecule has 5 nitrogen and oxygen atoms in total. The third-order valence-corrected chi connectivity index (χ3v) is 3.57. The van der Waals surface area contributed by atoms with Gasteiger partial charge < -0.3 is 16.3 Å². The molecule has 0 radical (unpaired) electrons. The quantitative estimate of drug-likeness (QED) is 0.344. The molecule has 0 heterocycles. The highest BCUT2D eigenvalue weighted by atomic mass is 35.5. The number of carbonyl (C=O) groups excluding carboxylic acids is 1. The van der Waals surface area contributed by atoms with Gasteiger partial charge in [-0.2, -0.15) is 0 Å². The zero-order valence-corrected chi connectivity index (χ0v) is 12.0. The van der Waals surface area contributed by atoms with Crippen molar-refractivity contribution in [2.45, 2.75) is 27.2 Å². The van der Waals surface area contributed by atoms with Crippen LogP contribution >= 0.6 is 11.6 Å². The molecule has 1 atom stereocenters. The molecule has 0 aliphatic heterocycles. The number of benzene rings is 1. The van der Waals surface area contributed by atoms with Gasteiger partial charge in [0.2, 0.25) is 5.91 Å². The number of nitrogens with two attached hydrogens (primary N) is 1. The molecule has 0 fully saturated rings. The summed E-state index contributed by atoms with van der Waals surface area (Å²) in [6.07, 6.45) is 0.401. The molecule has 104 valence electrons. The van der Waals surface area contributed by atoms with E-state index in [1.165, 1.54) is 0 Å². The number of hydrogen-bond donors (Lipinski definition) is 3. The van der Waals surface area contributed by atoms with Gasteiger partial charge in [-0.1, -0.05) is 29.7 Å². The van der Waals surface area contributed by atoms with Gasteiger partial charge in [-0.05, 0) is 38.0 Å². The SMILES string of the molecule is CCC(C)(C(=O)Nc1ccc(C)cc1Cl)/C(N)=N/O. The maximum Gasteiger partial charge on any atom is 0.238 e. The molecule has 0 bridgehead atoms. The monoisotopic (exact) mass is 283 g/mol. The normalized spacial score (nSPS) is 14.8. The van der Waals surface area contributed by atoms with Gasteiger partial charge in [0.05, 0.1) is 10.7 Å². The number of nitrogens with one attached hydrogen (secondary N) is 1. The van der Waals surface area contributed by atoms with Gasteiger partial charge in [-0.3, -0.25) is 4.79 Å². The molecule has 1 amide bonds. The van der Waals surface area contributed by atoms with Crippen LogP contribution in [0.3, 0.4) is 0 Å². The molecule has 1 unspecified atom stereocenters. The van der Waals surface area contributed by atoms with Crippen molar-refractivity contribution in [3.8, 4) is 0 Å². The molecule has 1 aromatic carbocycles. The van der Waals surface area contributed by atoms with Crippen LogP contribution < -0.4 is 11.1 Å². The third-order valence-electron chi connectivity index (χ3n) is 3.25. The standard InChI is InChI=1S/C13H18ClN3O2/c1-4-13(3,11(15)17-19)12(18)16-10-6-5-8(2)7-9(10)14/h5-7,19H,4H2,1-3H3,(H2,15,17)(H,16,18). The molecule has 0 aromatic heterocycles. The van der Waals surface area contributed by atoms with E-state index in [0.29, 0.717) is 17.1 Å². The molecule has 1 aromatic rings. The molecule has 0 saturated carbocycles. The van der Waals surface area contributed by atoms with E-state index in [4.69, 9.17) is 22.5 Å². The summed E-state index contributed by atoms with van der Waals surface area (Å²) in [6, 6.07) is 5.32. The van der Waals surface area contributed by atoms with Crippen molar-refractivity contribution in [2.75, 3.05) is 5.32 Å². The number of amides is 1. The molecule has 4 N–H and O–H groups in total. The lowest BCUT2D eigenvalue weighted by Crippen LogP contribution is -2.44. The summed E-state index contributed by atoms with van der Waals surface area (Å²) in [5.41, 5.74) is 6.00. The van der Waals surface area contributed by atoms with Crippen molar-refractivity contribution in [1.82, 2.24) is 0 Å². The molecule has 0 aliphatic rings. The highest BCUT2D eigenvalue weighted by molar-refractivity contribution is 6.34. The molecule has 19 heavy (non-hydrogen) atoms. The van der Waals surface area contributed by atoms with Crippen molar-refractivity contribution in [1.29, 1.82) is 0 Å². The Labute approximate surface area is 117 Å². The second-order valence-electron chi connectivity index (χ2n) is 4.61. The maximum absolute atomic E-state index is 12.3. The Morgan fingerprint density at radius 1 is 1.58 bits per heavy atom. The predicted molar refractivity (Wildman–Crippen MR) is 76.6 cm³/mol. The molecular weight excluding hydrogens is 266 g/mol. The summed E-state index contributed by atoms with van der Waals surface area (Å²) in [4.78, 5) is 12.3. The minimum atomic E-state index is -1.08. The number of carbonyl (C=O) groups is 1. The van der Waals surface area contributed by atoms with Crippen molar-refractivity contribution in [2.24, 2.45) is 16.3 Å². The lowest BCUT2D eigenvalue weighted by molar-refractivity contribution is -0.121. The highest BCUT2D eigenvalue weighted by Crippen LogP contribution is 2.27. The molecular formula is C13H18ClN3O2. The van der Waals surface area contributed by atoms with E-state index in [9.17, 15) is 4.79 Å². The fraction of sp³-hybridized carbons (Fsp3) is 0.385. The van der Waals surface area contributed by atoms with Gasteiger partial charge >= 0.3 is 0 Å². The van der Waals surface area contributed by atoms with Crippen molar-refractivity contribution >= 4 is 29.0 Å². The minimum Gasteiger partial charge on any atom is -0.409 e. The second-order valence-corrected chi connectivity index (χ2v) is 5.02. The average molecular weight is 284 g/mol. The zero-order chi connectivity index (χ0) is 14.6. The maximum atomic E-state index is 12.3. The first-order valence-corrected chi connectivity index (χ1v) is 6.28. The summed E-state index contributed by atoms with van der Waals surface area (Å²) in [5, 5.41) is 14.8. The van der Waals surface area contributed by atoms with E-state index in [2.05, 4.69) is 10.5 Å². The first kappa shape index (κ1) is 15.3. The molecule has 6 heteroatoms. The topological polar surface area (TPSA) is 87.7 Å². The predicted octanol–water partition coefficient (Wildman–Crippen LogP) is 2.75. The van der Waals surface area contributed by atoms with Gasteiger partial charge in [0, 0.05) is 0 Å². The fourth-order valence-corrected chi connectivity index (χ4v) is 1.83. The highest BCUT2D eigenvalue weighted by Gasteiger charge is 2.36. The van der Waals surface area contributed by atoms with E-state index in [0.717, 1.165) is 5.56 Å². The Morgan fingerprint density at radius 2 is 2.21 bits per heavy atom. The smallest absolute Gasteiger partial charge is 0.238 e. The van der Waals surface area contributed by atoms with Crippen LogP contribution in [0.25, 0.3) is 0 Å². The number of nitrogens with zero attached hydrogens (tertiary/aromatic N) is 1. The lowest BCUT2D eigenvalue weighted by Gasteiger charge is -2.25.